The number of hydrogen-bond donors (Lipinski definition) is 1. The van der Waals surface area contributed by atoms with E-state index in [1.807, 2.05) is 0 Å². The monoisotopic (exact) mass is 239 g/mol. The predicted octanol–water partition coefficient (Wildman–Crippen LogP) is 2.27. The molecular weight excluding hydrogens is 214 g/mol. The molecule has 1 aromatic rings. The summed E-state index contributed by atoms with van der Waals surface area (Å²) in [4.78, 5) is 6.36. The largest absolute Gasteiger partial charge is 0.447 e. The summed E-state index contributed by atoms with van der Waals surface area (Å²) in [7, 11) is 0. The van der Waals surface area contributed by atoms with Crippen molar-refractivity contribution in [1.29, 1.82) is 0 Å². The fraction of sp³-hybridized carbons (Fsp3) is 0.769. The van der Waals surface area contributed by atoms with Crippen molar-refractivity contribution in [3.63, 3.8) is 0 Å². The Bertz CT molecular complexity index is 270. The highest BCUT2D eigenvalue weighted by Gasteiger charge is 2.04. The molecule has 0 aliphatic carbocycles. The van der Waals surface area contributed by atoms with Gasteiger partial charge in [-0.05, 0) is 39.4 Å². The summed E-state index contributed by atoms with van der Waals surface area (Å²) in [6.07, 6.45) is 5.68. The van der Waals surface area contributed by atoms with Crippen molar-refractivity contribution in [1.82, 2.24) is 15.2 Å². The van der Waals surface area contributed by atoms with Crippen molar-refractivity contribution in [3.05, 3.63) is 18.4 Å². The van der Waals surface area contributed by atoms with Crippen LogP contribution in [0.15, 0.2) is 17.0 Å². The van der Waals surface area contributed by atoms with Gasteiger partial charge in [-0.25, -0.2) is 4.98 Å². The van der Waals surface area contributed by atoms with Crippen molar-refractivity contribution in [2.45, 2.75) is 46.2 Å². The van der Waals surface area contributed by atoms with Crippen LogP contribution in [0, 0.1) is 0 Å². The molecule has 0 aromatic carbocycles. The molecule has 1 atom stereocenters. The third-order valence-corrected chi connectivity index (χ3v) is 3.11. The summed E-state index contributed by atoms with van der Waals surface area (Å²) in [5, 5.41) is 3.44. The van der Waals surface area contributed by atoms with Crippen LogP contribution in [0.2, 0.25) is 0 Å². The van der Waals surface area contributed by atoms with E-state index < -0.39 is 0 Å². The molecule has 0 saturated carbocycles. The Hall–Kier alpha value is -0.870. The quantitative estimate of drug-likeness (QED) is 0.718. The van der Waals surface area contributed by atoms with E-state index in [0.717, 1.165) is 25.4 Å². The Morgan fingerprint density at radius 2 is 2.18 bits per heavy atom. The zero-order valence-corrected chi connectivity index (χ0v) is 11.3. The molecule has 0 radical (unpaired) electrons. The summed E-state index contributed by atoms with van der Waals surface area (Å²) in [5.74, 6) is 0.903. The lowest BCUT2D eigenvalue weighted by Gasteiger charge is -2.19. The Morgan fingerprint density at radius 1 is 1.41 bits per heavy atom. The molecule has 98 valence electrons. The number of nitrogens with zero attached hydrogens (tertiary/aromatic N) is 2. The number of oxazole rings is 1. The first-order valence-electron chi connectivity index (χ1n) is 6.59. The van der Waals surface area contributed by atoms with Crippen molar-refractivity contribution in [2.24, 2.45) is 0 Å². The Morgan fingerprint density at radius 3 is 2.76 bits per heavy atom. The first-order chi connectivity index (χ1) is 8.26. The maximum Gasteiger partial charge on any atom is 0.180 e. The second kappa shape index (κ2) is 8.25. The van der Waals surface area contributed by atoms with E-state index in [-0.39, 0.29) is 0 Å². The smallest absolute Gasteiger partial charge is 0.180 e. The van der Waals surface area contributed by atoms with E-state index in [2.05, 4.69) is 36.0 Å². The molecule has 0 saturated heterocycles. The Balaban J connectivity index is 2.06. The van der Waals surface area contributed by atoms with Gasteiger partial charge in [-0.2, -0.15) is 0 Å². The van der Waals surface area contributed by atoms with Gasteiger partial charge in [0.25, 0.3) is 0 Å². The van der Waals surface area contributed by atoms with Gasteiger partial charge in [0.15, 0.2) is 6.39 Å². The highest BCUT2D eigenvalue weighted by molar-refractivity contribution is 4.87. The first-order valence-corrected chi connectivity index (χ1v) is 6.59. The average molecular weight is 239 g/mol. The van der Waals surface area contributed by atoms with Crippen LogP contribution in [-0.4, -0.2) is 35.6 Å². The predicted molar refractivity (Wildman–Crippen MR) is 69.8 cm³/mol. The molecule has 1 N–H and O–H groups in total. The fourth-order valence-corrected chi connectivity index (χ4v) is 1.87. The number of hydrogen-bond acceptors (Lipinski definition) is 4. The minimum Gasteiger partial charge on any atom is -0.447 e. The van der Waals surface area contributed by atoms with Crippen LogP contribution in [0.25, 0.3) is 0 Å². The number of nitrogens with one attached hydrogen (secondary N) is 1. The van der Waals surface area contributed by atoms with Gasteiger partial charge in [0.1, 0.15) is 5.76 Å². The van der Waals surface area contributed by atoms with Crippen LogP contribution < -0.4 is 5.32 Å². The van der Waals surface area contributed by atoms with Crippen molar-refractivity contribution in [2.75, 3.05) is 19.6 Å². The molecule has 0 fully saturated rings. The Kier molecular flexibility index (Phi) is 6.89. The highest BCUT2D eigenvalue weighted by atomic mass is 16.3. The zero-order valence-electron chi connectivity index (χ0n) is 11.3. The third-order valence-electron chi connectivity index (χ3n) is 3.11. The van der Waals surface area contributed by atoms with E-state index in [1.165, 1.54) is 25.8 Å². The van der Waals surface area contributed by atoms with Gasteiger partial charge >= 0.3 is 0 Å². The molecule has 1 aromatic heterocycles. The standard InChI is InChI=1S/C13H25N3O/c1-4-16(5-2)8-6-7-12(3)15-10-13-9-14-11-17-13/h9,11-12,15H,4-8,10H2,1-3H3. The molecule has 1 unspecified atom stereocenters. The minimum absolute atomic E-state index is 0.524. The molecule has 0 bridgehead atoms. The van der Waals surface area contributed by atoms with Gasteiger partial charge in [-0.3, -0.25) is 0 Å². The topological polar surface area (TPSA) is 41.3 Å². The van der Waals surface area contributed by atoms with Crippen LogP contribution in [-0.2, 0) is 6.54 Å². The molecule has 4 nitrogen and oxygen atoms in total. The highest BCUT2D eigenvalue weighted by Crippen LogP contribution is 2.02. The summed E-state index contributed by atoms with van der Waals surface area (Å²) in [6.45, 7) is 10.9. The van der Waals surface area contributed by atoms with E-state index in [9.17, 15) is 0 Å². The molecule has 1 heterocycles. The second-order valence-electron chi connectivity index (χ2n) is 4.42. The molecule has 0 aliphatic rings. The van der Waals surface area contributed by atoms with E-state index in [4.69, 9.17) is 4.42 Å². The lowest BCUT2D eigenvalue weighted by Crippen LogP contribution is -2.28. The minimum atomic E-state index is 0.524. The zero-order chi connectivity index (χ0) is 12.5. The normalized spacial score (nSPS) is 13.2. The molecule has 0 aliphatic heterocycles. The van der Waals surface area contributed by atoms with E-state index >= 15 is 0 Å². The second-order valence-corrected chi connectivity index (χ2v) is 4.42. The van der Waals surface area contributed by atoms with Crippen LogP contribution in [0.1, 0.15) is 39.4 Å². The Labute approximate surface area is 104 Å². The lowest BCUT2D eigenvalue weighted by atomic mass is 10.1. The molecule has 4 heteroatoms. The van der Waals surface area contributed by atoms with E-state index in [1.54, 1.807) is 6.20 Å². The van der Waals surface area contributed by atoms with Crippen LogP contribution in [0.4, 0.5) is 0 Å². The lowest BCUT2D eigenvalue weighted by molar-refractivity contribution is 0.289. The molecular formula is C13H25N3O. The maximum absolute atomic E-state index is 5.18. The molecule has 0 amide bonds. The summed E-state index contributed by atoms with van der Waals surface area (Å²) < 4.78 is 5.18. The van der Waals surface area contributed by atoms with Gasteiger partial charge in [0.05, 0.1) is 12.7 Å². The SMILES string of the molecule is CCN(CC)CCCC(C)NCc1cnco1. The third kappa shape index (κ3) is 5.84. The number of aromatic nitrogens is 1. The molecule has 1 rings (SSSR count). The van der Waals surface area contributed by atoms with Crippen LogP contribution in [0.3, 0.4) is 0 Å². The van der Waals surface area contributed by atoms with Crippen molar-refractivity contribution in [3.8, 4) is 0 Å². The van der Waals surface area contributed by atoms with Gasteiger partial charge in [0, 0.05) is 6.04 Å². The summed E-state index contributed by atoms with van der Waals surface area (Å²) in [6, 6.07) is 0.524. The molecule has 17 heavy (non-hydrogen) atoms. The van der Waals surface area contributed by atoms with Gasteiger partial charge < -0.3 is 14.6 Å². The van der Waals surface area contributed by atoms with E-state index in [0.29, 0.717) is 6.04 Å². The first kappa shape index (κ1) is 14.2. The van der Waals surface area contributed by atoms with Gasteiger partial charge in [-0.15, -0.1) is 0 Å². The molecule has 0 spiro atoms. The average Bonchev–Trinajstić information content (AvgIpc) is 2.85. The maximum atomic E-state index is 5.18. The van der Waals surface area contributed by atoms with Crippen LogP contribution >= 0.6 is 0 Å². The number of rotatable bonds is 9. The summed E-state index contributed by atoms with van der Waals surface area (Å²) in [5.41, 5.74) is 0. The van der Waals surface area contributed by atoms with Crippen molar-refractivity contribution < 1.29 is 4.42 Å². The fourth-order valence-electron chi connectivity index (χ4n) is 1.87. The van der Waals surface area contributed by atoms with Crippen LogP contribution in [0.5, 0.6) is 0 Å². The van der Waals surface area contributed by atoms with Gasteiger partial charge in [-0.1, -0.05) is 13.8 Å². The summed E-state index contributed by atoms with van der Waals surface area (Å²) >= 11 is 0. The van der Waals surface area contributed by atoms with Crippen molar-refractivity contribution >= 4 is 0 Å². The van der Waals surface area contributed by atoms with Gasteiger partial charge in [0.2, 0.25) is 0 Å².